The van der Waals surface area contributed by atoms with Crippen LogP contribution in [0.3, 0.4) is 0 Å². The van der Waals surface area contributed by atoms with E-state index >= 15 is 0 Å². The van der Waals surface area contributed by atoms with Crippen LogP contribution in [0.5, 0.6) is 5.75 Å². The standard InChI is InChI=1S/C14H21NO3/c1-6-18-14(16)13(15-4)11-7-9(2)10(3)8-12(11)17-5/h7-8,13,15H,6H2,1-5H3. The lowest BCUT2D eigenvalue weighted by atomic mass is 9.99. The van der Waals surface area contributed by atoms with Gasteiger partial charge in [-0.15, -0.1) is 0 Å². The van der Waals surface area contributed by atoms with Gasteiger partial charge >= 0.3 is 5.97 Å². The summed E-state index contributed by atoms with van der Waals surface area (Å²) in [5, 5.41) is 2.97. The second kappa shape index (κ2) is 6.40. The first-order valence-corrected chi connectivity index (χ1v) is 6.04. The minimum Gasteiger partial charge on any atom is -0.496 e. The Morgan fingerprint density at radius 2 is 1.94 bits per heavy atom. The largest absolute Gasteiger partial charge is 0.496 e. The van der Waals surface area contributed by atoms with E-state index in [-0.39, 0.29) is 5.97 Å². The van der Waals surface area contributed by atoms with Gasteiger partial charge in [0.1, 0.15) is 11.8 Å². The van der Waals surface area contributed by atoms with Gasteiger partial charge in [-0.25, -0.2) is 4.79 Å². The molecule has 1 rings (SSSR count). The summed E-state index contributed by atoms with van der Waals surface area (Å²) in [6, 6.07) is 3.40. The predicted molar refractivity (Wildman–Crippen MR) is 70.9 cm³/mol. The molecule has 18 heavy (non-hydrogen) atoms. The summed E-state index contributed by atoms with van der Waals surface area (Å²) >= 11 is 0. The van der Waals surface area contributed by atoms with Crippen molar-refractivity contribution in [2.45, 2.75) is 26.8 Å². The summed E-state index contributed by atoms with van der Waals surface area (Å²) in [4.78, 5) is 11.9. The van der Waals surface area contributed by atoms with E-state index in [0.29, 0.717) is 12.4 Å². The highest BCUT2D eigenvalue weighted by Crippen LogP contribution is 2.29. The third kappa shape index (κ3) is 3.01. The average Bonchev–Trinajstić information content (AvgIpc) is 2.34. The first kappa shape index (κ1) is 14.5. The van der Waals surface area contributed by atoms with E-state index in [4.69, 9.17) is 9.47 Å². The second-order valence-corrected chi connectivity index (χ2v) is 4.15. The lowest BCUT2D eigenvalue weighted by Crippen LogP contribution is -2.28. The van der Waals surface area contributed by atoms with Crippen molar-refractivity contribution >= 4 is 5.97 Å². The minimum atomic E-state index is -0.501. The second-order valence-electron chi connectivity index (χ2n) is 4.15. The Labute approximate surface area is 108 Å². The number of benzene rings is 1. The number of ether oxygens (including phenoxy) is 2. The predicted octanol–water partition coefficient (Wildman–Crippen LogP) is 2.14. The summed E-state index contributed by atoms with van der Waals surface area (Å²) in [6.07, 6.45) is 0. The van der Waals surface area contributed by atoms with Crippen LogP contribution < -0.4 is 10.1 Å². The summed E-state index contributed by atoms with van der Waals surface area (Å²) in [5.74, 6) is 0.409. The highest BCUT2D eigenvalue weighted by atomic mass is 16.5. The number of rotatable bonds is 5. The Morgan fingerprint density at radius 3 is 2.44 bits per heavy atom. The van der Waals surface area contributed by atoms with E-state index in [9.17, 15) is 4.79 Å². The third-order valence-corrected chi connectivity index (χ3v) is 2.97. The van der Waals surface area contributed by atoms with Crippen molar-refractivity contribution in [3.8, 4) is 5.75 Å². The molecule has 0 aromatic heterocycles. The number of hydrogen-bond donors (Lipinski definition) is 1. The van der Waals surface area contributed by atoms with Gasteiger partial charge in [0.05, 0.1) is 13.7 Å². The molecule has 0 aliphatic carbocycles. The number of esters is 1. The van der Waals surface area contributed by atoms with E-state index in [0.717, 1.165) is 16.7 Å². The highest BCUT2D eigenvalue weighted by molar-refractivity contribution is 5.79. The molecule has 100 valence electrons. The molecule has 0 aliphatic heterocycles. The van der Waals surface area contributed by atoms with Crippen molar-refractivity contribution in [1.29, 1.82) is 0 Å². The molecule has 1 aromatic rings. The van der Waals surface area contributed by atoms with Gasteiger partial charge in [-0.1, -0.05) is 0 Å². The number of hydrogen-bond acceptors (Lipinski definition) is 4. The van der Waals surface area contributed by atoms with E-state index in [2.05, 4.69) is 5.32 Å². The van der Waals surface area contributed by atoms with Gasteiger partial charge in [-0.2, -0.15) is 0 Å². The maximum atomic E-state index is 11.9. The topological polar surface area (TPSA) is 47.6 Å². The van der Waals surface area contributed by atoms with Crippen molar-refractivity contribution < 1.29 is 14.3 Å². The Morgan fingerprint density at radius 1 is 1.33 bits per heavy atom. The van der Waals surface area contributed by atoms with Gasteiger partial charge in [-0.05, 0) is 51.1 Å². The van der Waals surface area contributed by atoms with Crippen LogP contribution in [0.2, 0.25) is 0 Å². The van der Waals surface area contributed by atoms with E-state index in [1.54, 1.807) is 21.1 Å². The quantitative estimate of drug-likeness (QED) is 0.814. The molecule has 1 unspecified atom stereocenters. The summed E-state index contributed by atoms with van der Waals surface area (Å²) in [5.41, 5.74) is 3.06. The highest BCUT2D eigenvalue weighted by Gasteiger charge is 2.24. The molecule has 0 aliphatic rings. The molecular formula is C14H21NO3. The molecule has 1 atom stereocenters. The lowest BCUT2D eigenvalue weighted by molar-refractivity contribution is -0.145. The normalized spacial score (nSPS) is 12.1. The summed E-state index contributed by atoms with van der Waals surface area (Å²) in [6.45, 7) is 6.18. The van der Waals surface area contributed by atoms with Crippen LogP contribution in [-0.4, -0.2) is 26.7 Å². The fraction of sp³-hybridized carbons (Fsp3) is 0.500. The molecule has 4 heteroatoms. The Hall–Kier alpha value is -1.55. The molecule has 1 aromatic carbocycles. The molecule has 0 fully saturated rings. The zero-order valence-corrected chi connectivity index (χ0v) is 11.7. The van der Waals surface area contributed by atoms with Crippen LogP contribution in [0.25, 0.3) is 0 Å². The maximum Gasteiger partial charge on any atom is 0.327 e. The number of carbonyl (C=O) groups is 1. The van der Waals surface area contributed by atoms with E-state index in [1.807, 2.05) is 26.0 Å². The molecule has 0 radical (unpaired) electrons. The van der Waals surface area contributed by atoms with E-state index in [1.165, 1.54) is 0 Å². The van der Waals surface area contributed by atoms with Gasteiger partial charge in [0.2, 0.25) is 0 Å². The first-order valence-electron chi connectivity index (χ1n) is 6.04. The van der Waals surface area contributed by atoms with Crippen molar-refractivity contribution in [3.63, 3.8) is 0 Å². The molecule has 1 N–H and O–H groups in total. The molecule has 0 saturated carbocycles. The summed E-state index contributed by atoms with van der Waals surface area (Å²) in [7, 11) is 3.34. The van der Waals surface area contributed by atoms with Gasteiger partial charge in [0, 0.05) is 5.56 Å². The van der Waals surface area contributed by atoms with Gasteiger partial charge < -0.3 is 14.8 Å². The van der Waals surface area contributed by atoms with Crippen LogP contribution in [-0.2, 0) is 9.53 Å². The van der Waals surface area contributed by atoms with Crippen molar-refractivity contribution in [3.05, 3.63) is 28.8 Å². The SMILES string of the molecule is CCOC(=O)C(NC)c1cc(C)c(C)cc1OC. The zero-order chi connectivity index (χ0) is 13.7. The number of methoxy groups -OCH3 is 1. The number of likely N-dealkylation sites (N-methyl/N-ethyl adjacent to an activating group) is 1. The molecule has 0 amide bonds. The molecule has 0 spiro atoms. The number of nitrogens with one attached hydrogen (secondary N) is 1. The molecule has 4 nitrogen and oxygen atoms in total. The number of aryl methyl sites for hydroxylation is 2. The molecule has 0 heterocycles. The van der Waals surface area contributed by atoms with Crippen molar-refractivity contribution in [2.24, 2.45) is 0 Å². The number of carbonyl (C=O) groups excluding carboxylic acids is 1. The maximum absolute atomic E-state index is 11.9. The smallest absolute Gasteiger partial charge is 0.327 e. The van der Waals surface area contributed by atoms with Crippen LogP contribution in [0.15, 0.2) is 12.1 Å². The molecule has 0 saturated heterocycles. The van der Waals surface area contributed by atoms with Gasteiger partial charge in [0.15, 0.2) is 0 Å². The first-order chi connectivity index (χ1) is 8.54. The zero-order valence-electron chi connectivity index (χ0n) is 11.7. The third-order valence-electron chi connectivity index (χ3n) is 2.97. The van der Waals surface area contributed by atoms with Crippen molar-refractivity contribution in [2.75, 3.05) is 20.8 Å². The lowest BCUT2D eigenvalue weighted by Gasteiger charge is -2.19. The van der Waals surface area contributed by atoms with Crippen LogP contribution in [0, 0.1) is 13.8 Å². The van der Waals surface area contributed by atoms with Gasteiger partial charge in [-0.3, -0.25) is 0 Å². The Bertz CT molecular complexity index is 429. The fourth-order valence-electron chi connectivity index (χ4n) is 1.84. The fourth-order valence-corrected chi connectivity index (χ4v) is 1.84. The average molecular weight is 251 g/mol. The molecule has 0 bridgehead atoms. The van der Waals surface area contributed by atoms with E-state index < -0.39 is 6.04 Å². The monoisotopic (exact) mass is 251 g/mol. The van der Waals surface area contributed by atoms with Crippen LogP contribution in [0.4, 0.5) is 0 Å². The van der Waals surface area contributed by atoms with Crippen molar-refractivity contribution in [1.82, 2.24) is 5.32 Å². The Balaban J connectivity index is 3.19. The van der Waals surface area contributed by atoms with Crippen LogP contribution in [0.1, 0.15) is 29.7 Å². The minimum absolute atomic E-state index is 0.290. The van der Waals surface area contributed by atoms with Crippen LogP contribution >= 0.6 is 0 Å². The Kier molecular flexibility index (Phi) is 5.16. The molecular weight excluding hydrogens is 230 g/mol. The van der Waals surface area contributed by atoms with Gasteiger partial charge in [0.25, 0.3) is 0 Å². The summed E-state index contributed by atoms with van der Waals surface area (Å²) < 4.78 is 10.4.